The second kappa shape index (κ2) is 7.84. The molecule has 6 heteroatoms. The number of nitriles is 1. The summed E-state index contributed by atoms with van der Waals surface area (Å²) >= 11 is 0. The maximum atomic E-state index is 12.8. The number of aromatic nitrogens is 3. The van der Waals surface area contributed by atoms with Crippen LogP contribution in [0.25, 0.3) is 22.4 Å². The first-order valence-electron chi connectivity index (χ1n) is 10.6. The van der Waals surface area contributed by atoms with Crippen LogP contribution >= 0.6 is 0 Å². The van der Waals surface area contributed by atoms with Crippen LogP contribution in [0.4, 0.5) is 0 Å². The maximum Gasteiger partial charge on any atom is 0.246 e. The Kier molecular flexibility index (Phi) is 4.87. The molecule has 31 heavy (non-hydrogen) atoms. The van der Waals surface area contributed by atoms with Crippen LogP contribution in [0, 0.1) is 17.2 Å². The highest BCUT2D eigenvalue weighted by molar-refractivity contribution is 5.88. The largest absolute Gasteiger partial charge is 0.328 e. The van der Waals surface area contributed by atoms with E-state index in [1.165, 1.54) is 12.5 Å². The first-order chi connectivity index (χ1) is 15.2. The van der Waals surface area contributed by atoms with Crippen molar-refractivity contribution < 1.29 is 4.79 Å². The molecule has 0 saturated heterocycles. The number of benzene rings is 1. The molecular formula is C25H23N5O. The van der Waals surface area contributed by atoms with E-state index in [9.17, 15) is 10.1 Å². The molecule has 0 radical (unpaired) electrons. The van der Waals surface area contributed by atoms with Crippen molar-refractivity contribution >= 4 is 5.91 Å². The quantitative estimate of drug-likeness (QED) is 0.606. The van der Waals surface area contributed by atoms with E-state index in [1.807, 2.05) is 35.2 Å². The molecule has 6 nitrogen and oxygen atoms in total. The zero-order valence-electron chi connectivity index (χ0n) is 17.2. The molecule has 154 valence electrons. The first kappa shape index (κ1) is 19.3. The van der Waals surface area contributed by atoms with Gasteiger partial charge in [-0.1, -0.05) is 25.1 Å². The molecule has 1 amide bonds. The van der Waals surface area contributed by atoms with E-state index in [0.717, 1.165) is 40.9 Å². The molecule has 0 bridgehead atoms. The Morgan fingerprint density at radius 2 is 2.00 bits per heavy atom. The SMILES string of the molecule is C=CC(=O)N1Cc2c(-c3ccncc3)c(-c3cccc(C#N)c3)nn2C[C@H]1C1CCC1. The van der Waals surface area contributed by atoms with Gasteiger partial charge in [0.25, 0.3) is 0 Å². The predicted octanol–water partition coefficient (Wildman–Crippen LogP) is 4.18. The van der Waals surface area contributed by atoms with Gasteiger partial charge in [-0.2, -0.15) is 10.4 Å². The van der Waals surface area contributed by atoms with Crippen LogP contribution in [0.3, 0.4) is 0 Å². The highest BCUT2D eigenvalue weighted by Gasteiger charge is 2.39. The molecule has 1 aliphatic carbocycles. The molecule has 1 saturated carbocycles. The van der Waals surface area contributed by atoms with Gasteiger partial charge in [0.05, 0.1) is 36.5 Å². The molecule has 1 atom stereocenters. The predicted molar refractivity (Wildman–Crippen MR) is 117 cm³/mol. The fourth-order valence-electron chi connectivity index (χ4n) is 4.71. The molecule has 0 spiro atoms. The summed E-state index contributed by atoms with van der Waals surface area (Å²) in [4.78, 5) is 18.9. The molecule has 0 unspecified atom stereocenters. The van der Waals surface area contributed by atoms with Crippen LogP contribution in [0.1, 0.15) is 30.5 Å². The lowest BCUT2D eigenvalue weighted by atomic mass is 9.78. The van der Waals surface area contributed by atoms with Crippen LogP contribution in [0.15, 0.2) is 61.4 Å². The number of nitrogens with zero attached hydrogens (tertiary/aromatic N) is 5. The lowest BCUT2D eigenvalue weighted by Crippen LogP contribution is -2.51. The van der Waals surface area contributed by atoms with Crippen molar-refractivity contribution in [3.05, 3.63) is 72.7 Å². The zero-order chi connectivity index (χ0) is 21.4. The Labute approximate surface area is 181 Å². The molecule has 1 fully saturated rings. The monoisotopic (exact) mass is 409 g/mol. The molecular weight excluding hydrogens is 386 g/mol. The number of carbonyl (C=O) groups excluding carboxylic acids is 1. The Balaban J connectivity index is 1.68. The minimum Gasteiger partial charge on any atom is -0.328 e. The average molecular weight is 409 g/mol. The number of hydrogen-bond donors (Lipinski definition) is 0. The Morgan fingerprint density at radius 1 is 1.19 bits per heavy atom. The van der Waals surface area contributed by atoms with Gasteiger partial charge in [-0.15, -0.1) is 0 Å². The van der Waals surface area contributed by atoms with E-state index in [-0.39, 0.29) is 11.9 Å². The number of amides is 1. The summed E-state index contributed by atoms with van der Waals surface area (Å²) in [6.07, 6.45) is 8.47. The van der Waals surface area contributed by atoms with Crippen molar-refractivity contribution in [1.29, 1.82) is 5.26 Å². The number of pyridine rings is 1. The molecule has 2 aromatic heterocycles. The lowest BCUT2D eigenvalue weighted by molar-refractivity contribution is -0.132. The van der Waals surface area contributed by atoms with E-state index in [4.69, 9.17) is 5.10 Å². The zero-order valence-corrected chi connectivity index (χ0v) is 17.2. The third-order valence-corrected chi connectivity index (χ3v) is 6.52. The molecule has 1 aromatic carbocycles. The van der Waals surface area contributed by atoms with Crippen molar-refractivity contribution in [2.24, 2.45) is 5.92 Å². The molecule has 0 N–H and O–H groups in total. The number of carbonyl (C=O) groups is 1. The second-order valence-corrected chi connectivity index (χ2v) is 8.21. The van der Waals surface area contributed by atoms with Gasteiger partial charge in [-0.25, -0.2) is 0 Å². The topological polar surface area (TPSA) is 74.8 Å². The summed E-state index contributed by atoms with van der Waals surface area (Å²) in [6.45, 7) is 4.90. The van der Waals surface area contributed by atoms with E-state index in [2.05, 4.69) is 22.3 Å². The Bertz CT molecular complexity index is 1190. The van der Waals surface area contributed by atoms with Crippen LogP contribution in [-0.2, 0) is 17.9 Å². The summed E-state index contributed by atoms with van der Waals surface area (Å²) in [5, 5.41) is 14.4. The van der Waals surface area contributed by atoms with E-state index in [1.54, 1.807) is 18.5 Å². The van der Waals surface area contributed by atoms with Crippen molar-refractivity contribution in [3.8, 4) is 28.5 Å². The summed E-state index contributed by atoms with van der Waals surface area (Å²) in [5.41, 5.74) is 5.33. The average Bonchev–Trinajstić information content (AvgIpc) is 3.16. The third-order valence-electron chi connectivity index (χ3n) is 6.52. The van der Waals surface area contributed by atoms with Crippen LogP contribution in [0.2, 0.25) is 0 Å². The minimum absolute atomic E-state index is 0.0296. The van der Waals surface area contributed by atoms with E-state index >= 15 is 0 Å². The molecule has 1 aliphatic heterocycles. The number of rotatable bonds is 4. The van der Waals surface area contributed by atoms with Crippen molar-refractivity contribution in [2.75, 3.05) is 0 Å². The van der Waals surface area contributed by atoms with E-state index < -0.39 is 0 Å². The molecule has 3 aromatic rings. The second-order valence-electron chi connectivity index (χ2n) is 8.21. The van der Waals surface area contributed by atoms with Gasteiger partial charge in [-0.3, -0.25) is 14.5 Å². The molecule has 5 rings (SSSR count). The van der Waals surface area contributed by atoms with Gasteiger partial charge in [0.1, 0.15) is 5.69 Å². The van der Waals surface area contributed by atoms with Gasteiger partial charge in [0.2, 0.25) is 5.91 Å². The third kappa shape index (κ3) is 3.32. The smallest absolute Gasteiger partial charge is 0.246 e. The van der Waals surface area contributed by atoms with Gasteiger partial charge in [0, 0.05) is 23.5 Å². The number of hydrogen-bond acceptors (Lipinski definition) is 4. The van der Waals surface area contributed by atoms with Gasteiger partial charge in [0.15, 0.2) is 0 Å². The van der Waals surface area contributed by atoms with Crippen LogP contribution < -0.4 is 0 Å². The van der Waals surface area contributed by atoms with Gasteiger partial charge < -0.3 is 4.90 Å². The highest BCUT2D eigenvalue weighted by atomic mass is 16.2. The highest BCUT2D eigenvalue weighted by Crippen LogP contribution is 2.41. The fraction of sp³-hybridized carbons (Fsp3) is 0.280. The minimum atomic E-state index is -0.0296. The van der Waals surface area contributed by atoms with Gasteiger partial charge in [-0.05, 0) is 54.7 Å². The van der Waals surface area contributed by atoms with Gasteiger partial charge >= 0.3 is 0 Å². The standard InChI is InChI=1S/C25H23N5O/c1-2-23(31)29-15-22-24(19-9-11-27-12-10-19)25(20-8-3-5-17(13-20)14-26)28-30(22)16-21(29)18-6-4-7-18/h2-3,5,8-13,18,21H,1,4,6-7,15-16H2/t21-/m0/s1. The normalized spacial score (nSPS) is 18.0. The summed E-state index contributed by atoms with van der Waals surface area (Å²) in [6, 6.07) is 13.8. The van der Waals surface area contributed by atoms with E-state index in [0.29, 0.717) is 24.6 Å². The first-order valence-corrected chi connectivity index (χ1v) is 10.6. The lowest BCUT2D eigenvalue weighted by Gasteiger charge is -2.43. The summed E-state index contributed by atoms with van der Waals surface area (Å²) in [5.74, 6) is 0.481. The van der Waals surface area contributed by atoms with Crippen LogP contribution in [-0.4, -0.2) is 31.6 Å². The van der Waals surface area contributed by atoms with Crippen molar-refractivity contribution in [3.63, 3.8) is 0 Å². The fourth-order valence-corrected chi connectivity index (χ4v) is 4.71. The summed E-state index contributed by atoms with van der Waals surface area (Å²) in [7, 11) is 0. The molecule has 3 heterocycles. The Hall–Kier alpha value is -3.72. The maximum absolute atomic E-state index is 12.8. The Morgan fingerprint density at radius 3 is 2.68 bits per heavy atom. The van der Waals surface area contributed by atoms with Crippen molar-refractivity contribution in [2.45, 2.75) is 38.4 Å². The van der Waals surface area contributed by atoms with Crippen molar-refractivity contribution in [1.82, 2.24) is 19.7 Å². The number of fused-ring (bicyclic) bond motifs is 1. The molecule has 2 aliphatic rings. The van der Waals surface area contributed by atoms with Crippen LogP contribution in [0.5, 0.6) is 0 Å². The summed E-state index contributed by atoms with van der Waals surface area (Å²) < 4.78 is 2.07.